The largest absolute Gasteiger partial charge is 0.294 e. The molecule has 2 aromatic heterocycles. The number of hydrogen-bond acceptors (Lipinski definition) is 3. The molecule has 0 unspecified atom stereocenters. The average Bonchev–Trinajstić information content (AvgIpc) is 2.77. The Balaban J connectivity index is 2.02. The first-order chi connectivity index (χ1) is 9.75. The van der Waals surface area contributed by atoms with E-state index in [1.165, 1.54) is 11.8 Å². The molecule has 20 heavy (non-hydrogen) atoms. The molecular weight excluding hydrogens is 270 g/mol. The molecule has 5 heteroatoms. The highest BCUT2D eigenvalue weighted by atomic mass is 32.2. The van der Waals surface area contributed by atoms with E-state index >= 15 is 0 Å². The molecule has 100 valence electrons. The van der Waals surface area contributed by atoms with Gasteiger partial charge in [0.1, 0.15) is 9.92 Å². The maximum absolute atomic E-state index is 12.5. The quantitative estimate of drug-likeness (QED) is 0.804. The molecule has 0 spiro atoms. The van der Waals surface area contributed by atoms with E-state index in [0.717, 1.165) is 16.4 Å². The third kappa shape index (κ3) is 2.40. The summed E-state index contributed by atoms with van der Waals surface area (Å²) in [7, 11) is 0. The van der Waals surface area contributed by atoms with Gasteiger partial charge in [0.15, 0.2) is 0 Å². The van der Waals surface area contributed by atoms with Gasteiger partial charge in [0.25, 0.3) is 5.56 Å². The highest BCUT2D eigenvalue weighted by Gasteiger charge is 2.13. The van der Waals surface area contributed by atoms with Gasteiger partial charge in [0.05, 0.1) is 5.69 Å². The van der Waals surface area contributed by atoms with Crippen LogP contribution in [0.25, 0.3) is 5.69 Å². The normalized spacial score (nSPS) is 10.7. The number of aromatic amines is 1. The van der Waals surface area contributed by atoms with Crippen LogP contribution in [-0.4, -0.2) is 14.8 Å². The van der Waals surface area contributed by atoms with Crippen LogP contribution in [0.4, 0.5) is 0 Å². The maximum Gasteiger partial charge on any atom is 0.285 e. The van der Waals surface area contributed by atoms with Crippen molar-refractivity contribution >= 4 is 11.8 Å². The number of rotatable bonds is 3. The summed E-state index contributed by atoms with van der Waals surface area (Å²) in [4.78, 5) is 17.4. The monoisotopic (exact) mass is 283 g/mol. The number of nitrogens with one attached hydrogen (secondary N) is 1. The highest BCUT2D eigenvalue weighted by Crippen LogP contribution is 2.25. The standard InChI is InChI=1S/C15H13N3OS/c1-11-14(20-13-9-5-6-10-16-13)15(19)18(17-11)12-7-3-2-4-8-12/h2-10,17H,1H3. The number of H-pyrrole nitrogens is 1. The lowest BCUT2D eigenvalue weighted by Crippen LogP contribution is -2.15. The lowest BCUT2D eigenvalue weighted by atomic mass is 10.3. The van der Waals surface area contributed by atoms with E-state index in [4.69, 9.17) is 0 Å². The predicted octanol–water partition coefficient (Wildman–Crippen LogP) is 3.02. The van der Waals surface area contributed by atoms with Crippen molar-refractivity contribution in [1.29, 1.82) is 0 Å². The summed E-state index contributed by atoms with van der Waals surface area (Å²) < 4.78 is 1.56. The second-order valence-electron chi connectivity index (χ2n) is 4.31. The molecule has 0 fully saturated rings. The van der Waals surface area contributed by atoms with E-state index < -0.39 is 0 Å². The molecule has 0 bridgehead atoms. The smallest absolute Gasteiger partial charge is 0.285 e. The van der Waals surface area contributed by atoms with Crippen molar-refractivity contribution in [2.24, 2.45) is 0 Å². The van der Waals surface area contributed by atoms with E-state index in [9.17, 15) is 4.79 Å². The third-order valence-corrected chi connectivity index (χ3v) is 4.01. The molecule has 0 atom stereocenters. The second-order valence-corrected chi connectivity index (χ2v) is 5.34. The van der Waals surface area contributed by atoms with E-state index in [0.29, 0.717) is 4.90 Å². The van der Waals surface area contributed by atoms with Crippen molar-refractivity contribution in [1.82, 2.24) is 14.8 Å². The van der Waals surface area contributed by atoms with Gasteiger partial charge >= 0.3 is 0 Å². The number of aromatic nitrogens is 3. The minimum absolute atomic E-state index is 0.0515. The summed E-state index contributed by atoms with van der Waals surface area (Å²) in [5.41, 5.74) is 1.62. The van der Waals surface area contributed by atoms with E-state index in [1.54, 1.807) is 10.9 Å². The molecule has 1 aromatic carbocycles. The van der Waals surface area contributed by atoms with Gasteiger partial charge in [-0.2, -0.15) is 0 Å². The Bertz CT molecular complexity index is 763. The molecule has 3 aromatic rings. The third-order valence-electron chi connectivity index (χ3n) is 2.88. The summed E-state index contributed by atoms with van der Waals surface area (Å²) in [5.74, 6) is 0. The molecule has 0 aliphatic heterocycles. The van der Waals surface area contributed by atoms with Crippen LogP contribution in [0, 0.1) is 6.92 Å². The molecular formula is C15H13N3OS. The zero-order chi connectivity index (χ0) is 13.9. The lowest BCUT2D eigenvalue weighted by molar-refractivity contribution is 0.834. The fraction of sp³-hybridized carbons (Fsp3) is 0.0667. The summed E-state index contributed by atoms with van der Waals surface area (Å²) in [6.45, 7) is 1.89. The van der Waals surface area contributed by atoms with Crippen LogP contribution in [0.3, 0.4) is 0 Å². The van der Waals surface area contributed by atoms with Crippen LogP contribution in [0.2, 0.25) is 0 Å². The van der Waals surface area contributed by atoms with Crippen LogP contribution in [-0.2, 0) is 0 Å². The summed E-state index contributed by atoms with van der Waals surface area (Å²) in [6.07, 6.45) is 1.72. The van der Waals surface area contributed by atoms with Gasteiger partial charge in [-0.3, -0.25) is 9.89 Å². The lowest BCUT2D eigenvalue weighted by Gasteiger charge is -1.99. The fourth-order valence-electron chi connectivity index (χ4n) is 1.92. The van der Waals surface area contributed by atoms with Crippen molar-refractivity contribution < 1.29 is 0 Å². The maximum atomic E-state index is 12.5. The molecule has 0 saturated carbocycles. The molecule has 3 rings (SSSR count). The van der Waals surface area contributed by atoms with Crippen molar-refractivity contribution in [3.63, 3.8) is 0 Å². The van der Waals surface area contributed by atoms with Crippen molar-refractivity contribution in [2.75, 3.05) is 0 Å². The van der Waals surface area contributed by atoms with Crippen LogP contribution < -0.4 is 5.56 Å². The van der Waals surface area contributed by atoms with Crippen LogP contribution in [0.1, 0.15) is 5.69 Å². The number of hydrogen-bond donors (Lipinski definition) is 1. The number of nitrogens with zero attached hydrogens (tertiary/aromatic N) is 2. The number of pyridine rings is 1. The average molecular weight is 283 g/mol. The topological polar surface area (TPSA) is 50.7 Å². The van der Waals surface area contributed by atoms with Gasteiger partial charge in [0.2, 0.25) is 0 Å². The second kappa shape index (κ2) is 5.38. The number of aryl methyl sites for hydroxylation is 1. The van der Waals surface area contributed by atoms with Gasteiger partial charge in [-0.25, -0.2) is 9.67 Å². The molecule has 0 amide bonds. The Morgan fingerprint density at radius 2 is 1.85 bits per heavy atom. The molecule has 0 aliphatic carbocycles. The molecule has 1 N–H and O–H groups in total. The van der Waals surface area contributed by atoms with Crippen molar-refractivity contribution in [2.45, 2.75) is 16.8 Å². The first-order valence-electron chi connectivity index (χ1n) is 6.21. The number of benzene rings is 1. The SMILES string of the molecule is Cc1[nH]n(-c2ccccc2)c(=O)c1Sc1ccccn1. The van der Waals surface area contributed by atoms with Gasteiger partial charge in [-0.1, -0.05) is 36.0 Å². The van der Waals surface area contributed by atoms with Crippen LogP contribution in [0.15, 0.2) is 69.4 Å². The summed E-state index contributed by atoms with van der Waals surface area (Å²) >= 11 is 1.38. The first-order valence-corrected chi connectivity index (χ1v) is 7.03. The predicted molar refractivity (Wildman–Crippen MR) is 79.5 cm³/mol. The van der Waals surface area contributed by atoms with Gasteiger partial charge in [-0.05, 0) is 31.2 Å². The molecule has 2 heterocycles. The number of para-hydroxylation sites is 1. The summed E-state index contributed by atoms with van der Waals surface area (Å²) in [6, 6.07) is 15.2. The Morgan fingerprint density at radius 3 is 2.55 bits per heavy atom. The van der Waals surface area contributed by atoms with Gasteiger partial charge < -0.3 is 0 Å². The van der Waals surface area contributed by atoms with Crippen molar-refractivity contribution in [3.8, 4) is 5.69 Å². The van der Waals surface area contributed by atoms with Gasteiger partial charge in [0, 0.05) is 11.9 Å². The Morgan fingerprint density at radius 1 is 1.10 bits per heavy atom. The Hall–Kier alpha value is -2.27. The molecule has 0 radical (unpaired) electrons. The van der Waals surface area contributed by atoms with Gasteiger partial charge in [-0.15, -0.1) is 0 Å². The van der Waals surface area contributed by atoms with E-state index in [-0.39, 0.29) is 5.56 Å². The molecule has 4 nitrogen and oxygen atoms in total. The fourth-order valence-corrected chi connectivity index (χ4v) is 2.77. The summed E-state index contributed by atoms with van der Waals surface area (Å²) in [5, 5.41) is 3.92. The minimum Gasteiger partial charge on any atom is -0.294 e. The minimum atomic E-state index is -0.0515. The highest BCUT2D eigenvalue weighted by molar-refractivity contribution is 7.99. The zero-order valence-corrected chi connectivity index (χ0v) is 11.7. The van der Waals surface area contributed by atoms with Crippen LogP contribution >= 0.6 is 11.8 Å². The van der Waals surface area contributed by atoms with Crippen LogP contribution in [0.5, 0.6) is 0 Å². The Labute approximate surface area is 120 Å². The van der Waals surface area contributed by atoms with E-state index in [1.807, 2.05) is 55.5 Å². The zero-order valence-electron chi connectivity index (χ0n) is 10.9. The molecule has 0 aliphatic rings. The van der Waals surface area contributed by atoms with E-state index in [2.05, 4.69) is 10.1 Å². The molecule has 0 saturated heterocycles. The first kappa shape index (κ1) is 12.7. The Kier molecular flexibility index (Phi) is 3.43. The van der Waals surface area contributed by atoms with Crippen molar-refractivity contribution in [3.05, 3.63) is 70.8 Å².